The maximum Gasteiger partial charge on any atom is 0.247 e. The molecule has 24 heavy (non-hydrogen) atoms. The summed E-state index contributed by atoms with van der Waals surface area (Å²) in [4.78, 5) is 21.0. The summed E-state index contributed by atoms with van der Waals surface area (Å²) >= 11 is 0. The summed E-state index contributed by atoms with van der Waals surface area (Å²) in [6.45, 7) is 5.89. The fraction of sp³-hybridized carbons (Fsp3) is 0.667. The van der Waals surface area contributed by atoms with Crippen molar-refractivity contribution < 1.29 is 13.2 Å². The molecule has 0 saturated carbocycles. The van der Waals surface area contributed by atoms with Gasteiger partial charge in [-0.2, -0.15) is 0 Å². The van der Waals surface area contributed by atoms with E-state index in [1.54, 1.807) is 6.92 Å². The monoisotopic (exact) mass is 353 g/mol. The highest BCUT2D eigenvalue weighted by atomic mass is 32.2. The summed E-state index contributed by atoms with van der Waals surface area (Å²) in [7, 11) is -2.99. The van der Waals surface area contributed by atoms with E-state index in [-0.39, 0.29) is 29.5 Å². The Kier molecular flexibility index (Phi) is 4.37. The fourth-order valence-electron chi connectivity index (χ4n) is 3.08. The van der Waals surface area contributed by atoms with Crippen LogP contribution in [-0.4, -0.2) is 47.9 Å². The maximum absolute atomic E-state index is 12.3. The number of anilines is 3. The first-order chi connectivity index (χ1) is 11.2. The van der Waals surface area contributed by atoms with Gasteiger partial charge in [0.05, 0.1) is 11.5 Å². The molecule has 1 saturated heterocycles. The van der Waals surface area contributed by atoms with E-state index in [4.69, 9.17) is 0 Å². The van der Waals surface area contributed by atoms with E-state index in [9.17, 15) is 13.2 Å². The average Bonchev–Trinajstić information content (AvgIpc) is 2.79. The topological polar surface area (TPSA) is 113 Å². The van der Waals surface area contributed by atoms with E-state index in [1.807, 2.05) is 0 Å². The minimum Gasteiger partial charge on any atom is -0.364 e. The number of carbonyl (C=O) groups excluding carboxylic acids is 1. The number of rotatable bonds is 4. The molecule has 0 radical (unpaired) electrons. The van der Waals surface area contributed by atoms with Gasteiger partial charge in [0.25, 0.3) is 0 Å². The number of hydrogen-bond donors (Lipinski definition) is 3. The van der Waals surface area contributed by atoms with Crippen LogP contribution < -0.4 is 16.0 Å². The van der Waals surface area contributed by atoms with Gasteiger partial charge < -0.3 is 16.0 Å². The second-order valence-corrected chi connectivity index (χ2v) is 9.13. The molecule has 1 fully saturated rings. The molecule has 2 aliphatic rings. The number of amides is 1. The first-order valence-electron chi connectivity index (χ1n) is 8.16. The van der Waals surface area contributed by atoms with Crippen molar-refractivity contribution in [2.24, 2.45) is 5.92 Å². The fourth-order valence-corrected chi connectivity index (χ4v) is 4.75. The second-order valence-electron chi connectivity index (χ2n) is 6.90. The Balaban J connectivity index is 1.85. The molecule has 2 unspecified atom stereocenters. The number of aryl methyl sites for hydroxylation is 1. The zero-order valence-electron chi connectivity index (χ0n) is 14.1. The molecule has 0 aliphatic carbocycles. The summed E-state index contributed by atoms with van der Waals surface area (Å²) in [5.74, 6) is 2.13. The van der Waals surface area contributed by atoms with Crippen molar-refractivity contribution in [3.8, 4) is 0 Å². The van der Waals surface area contributed by atoms with Crippen LogP contribution in [0.25, 0.3) is 0 Å². The first kappa shape index (κ1) is 16.9. The third-order valence-corrected chi connectivity index (χ3v) is 5.94. The Morgan fingerprint density at radius 2 is 2.08 bits per heavy atom. The molecule has 2 atom stereocenters. The van der Waals surface area contributed by atoms with Gasteiger partial charge in [0, 0.05) is 6.04 Å². The van der Waals surface area contributed by atoms with Gasteiger partial charge >= 0.3 is 0 Å². The molecule has 0 bridgehead atoms. The molecule has 3 rings (SSSR count). The molecular formula is C15H23N5O3S. The molecular weight excluding hydrogens is 330 g/mol. The maximum atomic E-state index is 12.3. The molecule has 3 N–H and O–H groups in total. The normalized spacial score (nSPS) is 25.1. The van der Waals surface area contributed by atoms with Gasteiger partial charge in [-0.05, 0) is 25.7 Å². The van der Waals surface area contributed by atoms with Crippen LogP contribution in [0.2, 0.25) is 0 Å². The quantitative estimate of drug-likeness (QED) is 0.744. The van der Waals surface area contributed by atoms with Gasteiger partial charge in [0.1, 0.15) is 17.6 Å². The second kappa shape index (κ2) is 6.19. The highest BCUT2D eigenvalue weighted by molar-refractivity contribution is 7.91. The minimum atomic E-state index is -2.99. The van der Waals surface area contributed by atoms with Crippen LogP contribution in [0.3, 0.4) is 0 Å². The largest absolute Gasteiger partial charge is 0.364 e. The summed E-state index contributed by atoms with van der Waals surface area (Å²) < 4.78 is 23.3. The van der Waals surface area contributed by atoms with Gasteiger partial charge in [-0.25, -0.2) is 18.4 Å². The van der Waals surface area contributed by atoms with Crippen molar-refractivity contribution in [3.05, 3.63) is 5.82 Å². The van der Waals surface area contributed by atoms with Gasteiger partial charge in [0.2, 0.25) is 5.91 Å². The summed E-state index contributed by atoms with van der Waals surface area (Å²) in [6.07, 6.45) is 1.25. The van der Waals surface area contributed by atoms with E-state index < -0.39 is 9.84 Å². The molecule has 2 aliphatic heterocycles. The molecule has 0 spiro atoms. The van der Waals surface area contributed by atoms with Crippen molar-refractivity contribution in [3.63, 3.8) is 0 Å². The predicted molar refractivity (Wildman–Crippen MR) is 92.9 cm³/mol. The Morgan fingerprint density at radius 3 is 2.71 bits per heavy atom. The number of hydrogen-bond acceptors (Lipinski definition) is 7. The molecule has 8 nitrogen and oxygen atoms in total. The number of sulfone groups is 1. The van der Waals surface area contributed by atoms with Crippen molar-refractivity contribution in [1.29, 1.82) is 0 Å². The Labute approximate surface area is 141 Å². The van der Waals surface area contributed by atoms with E-state index in [0.717, 1.165) is 0 Å². The van der Waals surface area contributed by atoms with Crippen LogP contribution >= 0.6 is 0 Å². The van der Waals surface area contributed by atoms with Crippen molar-refractivity contribution in [1.82, 2.24) is 9.97 Å². The molecule has 3 heterocycles. The molecule has 1 amide bonds. The van der Waals surface area contributed by atoms with Gasteiger partial charge in [-0.15, -0.1) is 0 Å². The van der Waals surface area contributed by atoms with Crippen molar-refractivity contribution in [2.75, 3.05) is 27.5 Å². The standard InChI is InChI=1S/C15H23N5O3S/c1-8(2)6-11-15(21)20-12-13(16-9(3)17-14(12)19-11)18-10-4-5-24(22,23)7-10/h8,10-11H,4-7H2,1-3H3,(H,20,21)(H2,16,17,18,19). The Hall–Kier alpha value is -1.90. The Bertz CT molecular complexity index is 763. The average molecular weight is 353 g/mol. The lowest BCUT2D eigenvalue weighted by Crippen LogP contribution is -2.41. The Morgan fingerprint density at radius 1 is 1.33 bits per heavy atom. The minimum absolute atomic E-state index is 0.0855. The summed E-state index contributed by atoms with van der Waals surface area (Å²) in [5, 5.41) is 9.20. The van der Waals surface area contributed by atoms with E-state index >= 15 is 0 Å². The van der Waals surface area contributed by atoms with Crippen LogP contribution in [0.1, 0.15) is 32.5 Å². The van der Waals surface area contributed by atoms with Gasteiger partial charge in [-0.3, -0.25) is 4.79 Å². The van der Waals surface area contributed by atoms with Gasteiger partial charge in [0.15, 0.2) is 21.5 Å². The molecule has 132 valence electrons. The lowest BCUT2D eigenvalue weighted by atomic mass is 10.0. The van der Waals surface area contributed by atoms with E-state index in [0.29, 0.717) is 41.9 Å². The van der Waals surface area contributed by atoms with Crippen LogP contribution in [0.15, 0.2) is 0 Å². The van der Waals surface area contributed by atoms with E-state index in [1.165, 1.54) is 0 Å². The third kappa shape index (κ3) is 3.61. The zero-order valence-corrected chi connectivity index (χ0v) is 14.9. The SMILES string of the molecule is Cc1nc(NC2CCS(=O)(=O)C2)c2c(n1)NC(CC(C)C)C(=O)N2. The summed E-state index contributed by atoms with van der Waals surface area (Å²) in [6, 6.07) is -0.523. The predicted octanol–water partition coefficient (Wildman–Crippen LogP) is 1.16. The van der Waals surface area contributed by atoms with Crippen molar-refractivity contribution in [2.45, 2.75) is 45.7 Å². The van der Waals surface area contributed by atoms with Crippen molar-refractivity contribution >= 4 is 33.1 Å². The number of fused-ring (bicyclic) bond motifs is 1. The lowest BCUT2D eigenvalue weighted by Gasteiger charge is -2.29. The van der Waals surface area contributed by atoms with E-state index in [2.05, 4.69) is 39.8 Å². The van der Waals surface area contributed by atoms with Crippen LogP contribution in [0.5, 0.6) is 0 Å². The molecule has 0 aromatic carbocycles. The number of carbonyl (C=O) groups is 1. The zero-order chi connectivity index (χ0) is 17.5. The number of nitrogens with one attached hydrogen (secondary N) is 3. The molecule has 9 heteroatoms. The highest BCUT2D eigenvalue weighted by Crippen LogP contribution is 2.33. The molecule has 1 aromatic rings. The number of aromatic nitrogens is 2. The van der Waals surface area contributed by atoms with Gasteiger partial charge in [-0.1, -0.05) is 13.8 Å². The van der Waals surface area contributed by atoms with Crippen LogP contribution in [0.4, 0.5) is 17.3 Å². The van der Waals surface area contributed by atoms with Crippen LogP contribution in [0, 0.1) is 12.8 Å². The highest BCUT2D eigenvalue weighted by Gasteiger charge is 2.32. The van der Waals surface area contributed by atoms with Crippen LogP contribution in [-0.2, 0) is 14.6 Å². The molecule has 1 aromatic heterocycles. The summed E-state index contributed by atoms with van der Waals surface area (Å²) in [5.41, 5.74) is 0.495. The number of nitrogens with zero attached hydrogens (tertiary/aromatic N) is 2. The first-order valence-corrected chi connectivity index (χ1v) is 9.98. The smallest absolute Gasteiger partial charge is 0.247 e. The third-order valence-electron chi connectivity index (χ3n) is 4.18. The lowest BCUT2D eigenvalue weighted by molar-refractivity contribution is -0.117.